The van der Waals surface area contributed by atoms with E-state index in [1.165, 1.54) is 0 Å². The first-order chi connectivity index (χ1) is 10.5. The molecule has 0 aliphatic rings. The van der Waals surface area contributed by atoms with Crippen LogP contribution < -0.4 is 5.32 Å². The van der Waals surface area contributed by atoms with Crippen LogP contribution in [0.4, 0.5) is 0 Å². The molecule has 0 saturated carbocycles. The van der Waals surface area contributed by atoms with Crippen molar-refractivity contribution in [2.75, 3.05) is 6.54 Å². The van der Waals surface area contributed by atoms with Gasteiger partial charge >= 0.3 is 0 Å². The largest absolute Gasteiger partial charge is 0.387 e. The molecule has 1 aromatic heterocycles. The predicted octanol–water partition coefficient (Wildman–Crippen LogP) is 2.38. The van der Waals surface area contributed by atoms with Gasteiger partial charge in [-0.15, -0.1) is 0 Å². The highest BCUT2D eigenvalue weighted by Gasteiger charge is 2.13. The van der Waals surface area contributed by atoms with Crippen molar-refractivity contribution in [2.24, 2.45) is 0 Å². The number of benzene rings is 1. The first-order valence-corrected chi connectivity index (χ1v) is 7.40. The maximum Gasteiger partial charge on any atom is 0.220 e. The van der Waals surface area contributed by atoms with Gasteiger partial charge in [-0.05, 0) is 32.8 Å². The third-order valence-corrected chi connectivity index (χ3v) is 3.74. The van der Waals surface area contributed by atoms with Crippen molar-refractivity contribution in [1.29, 1.82) is 0 Å². The van der Waals surface area contributed by atoms with Crippen LogP contribution >= 0.6 is 0 Å². The normalized spacial score (nSPS) is 12.2. The Hall–Kier alpha value is -2.14. The van der Waals surface area contributed by atoms with Crippen LogP contribution in [0.25, 0.3) is 0 Å². The molecule has 0 saturated heterocycles. The number of aromatic nitrogens is 1. The van der Waals surface area contributed by atoms with Gasteiger partial charge in [-0.25, -0.2) is 0 Å². The molecule has 0 aliphatic carbocycles. The maximum atomic E-state index is 11.9. The Bertz CT molecular complexity index is 612. The molecule has 2 N–H and O–H groups in total. The molecule has 118 valence electrons. The minimum absolute atomic E-state index is 0.0915. The van der Waals surface area contributed by atoms with Crippen LogP contribution in [0.3, 0.4) is 0 Å². The van der Waals surface area contributed by atoms with Crippen molar-refractivity contribution in [3.8, 4) is 0 Å². The molecule has 5 nitrogen and oxygen atoms in total. The number of nitrogens with one attached hydrogen (secondary N) is 1. The van der Waals surface area contributed by atoms with E-state index in [0.717, 1.165) is 28.1 Å². The molecule has 0 radical (unpaired) electrons. The lowest BCUT2D eigenvalue weighted by molar-refractivity contribution is -0.121. The Morgan fingerprint density at radius 1 is 1.27 bits per heavy atom. The van der Waals surface area contributed by atoms with E-state index < -0.39 is 6.10 Å². The van der Waals surface area contributed by atoms with Crippen LogP contribution in [0.1, 0.15) is 40.7 Å². The SMILES string of the molecule is Cc1ccc([C@@H](O)CNC(=O)CCc2c(C)noc2C)cc1. The summed E-state index contributed by atoms with van der Waals surface area (Å²) < 4.78 is 5.07. The van der Waals surface area contributed by atoms with Gasteiger partial charge in [0.25, 0.3) is 0 Å². The Morgan fingerprint density at radius 2 is 1.95 bits per heavy atom. The zero-order chi connectivity index (χ0) is 16.1. The average Bonchev–Trinajstić information content (AvgIpc) is 2.82. The average molecular weight is 302 g/mol. The van der Waals surface area contributed by atoms with Crippen molar-refractivity contribution >= 4 is 5.91 Å². The first-order valence-electron chi connectivity index (χ1n) is 7.40. The van der Waals surface area contributed by atoms with E-state index in [9.17, 15) is 9.90 Å². The summed E-state index contributed by atoms with van der Waals surface area (Å²) in [4.78, 5) is 11.9. The van der Waals surface area contributed by atoms with Crippen LogP contribution in [-0.4, -0.2) is 22.7 Å². The fraction of sp³-hybridized carbons (Fsp3) is 0.412. The van der Waals surface area contributed by atoms with Gasteiger partial charge in [0.15, 0.2) is 0 Å². The van der Waals surface area contributed by atoms with Crippen molar-refractivity contribution in [1.82, 2.24) is 10.5 Å². The molecule has 0 aliphatic heterocycles. The molecule has 0 bridgehead atoms. The van der Waals surface area contributed by atoms with Crippen molar-refractivity contribution in [3.63, 3.8) is 0 Å². The van der Waals surface area contributed by atoms with E-state index in [0.29, 0.717) is 12.8 Å². The number of nitrogens with zero attached hydrogens (tertiary/aromatic N) is 1. The molecule has 1 aromatic carbocycles. The number of carbonyl (C=O) groups excluding carboxylic acids is 1. The van der Waals surface area contributed by atoms with Gasteiger partial charge in [0.1, 0.15) is 5.76 Å². The summed E-state index contributed by atoms with van der Waals surface area (Å²) in [6, 6.07) is 7.63. The van der Waals surface area contributed by atoms with Crippen LogP contribution in [0.15, 0.2) is 28.8 Å². The highest BCUT2D eigenvalue weighted by molar-refractivity contribution is 5.76. The fourth-order valence-electron chi connectivity index (χ4n) is 2.30. The predicted molar refractivity (Wildman–Crippen MR) is 83.4 cm³/mol. The number of hydrogen-bond acceptors (Lipinski definition) is 4. The monoisotopic (exact) mass is 302 g/mol. The number of aryl methyl sites for hydroxylation is 3. The van der Waals surface area contributed by atoms with E-state index in [1.54, 1.807) is 0 Å². The minimum atomic E-state index is -0.691. The summed E-state index contributed by atoms with van der Waals surface area (Å²) >= 11 is 0. The van der Waals surface area contributed by atoms with Gasteiger partial charge in [-0.1, -0.05) is 35.0 Å². The molecular formula is C17H22N2O3. The fourth-order valence-corrected chi connectivity index (χ4v) is 2.30. The van der Waals surface area contributed by atoms with Gasteiger partial charge in [0.05, 0.1) is 11.8 Å². The summed E-state index contributed by atoms with van der Waals surface area (Å²) in [5, 5.41) is 16.7. The lowest BCUT2D eigenvalue weighted by atomic mass is 10.1. The Labute approximate surface area is 130 Å². The molecule has 22 heavy (non-hydrogen) atoms. The van der Waals surface area contributed by atoms with E-state index >= 15 is 0 Å². The van der Waals surface area contributed by atoms with Gasteiger partial charge in [-0.3, -0.25) is 4.79 Å². The van der Waals surface area contributed by atoms with Crippen LogP contribution in [0.2, 0.25) is 0 Å². The number of rotatable bonds is 6. The molecule has 1 heterocycles. The third-order valence-electron chi connectivity index (χ3n) is 3.74. The molecular weight excluding hydrogens is 280 g/mol. The van der Waals surface area contributed by atoms with Crippen LogP contribution in [0, 0.1) is 20.8 Å². The number of hydrogen-bond donors (Lipinski definition) is 2. The zero-order valence-corrected chi connectivity index (χ0v) is 13.2. The molecule has 1 amide bonds. The number of aliphatic hydroxyl groups is 1. The zero-order valence-electron chi connectivity index (χ0n) is 13.2. The van der Waals surface area contributed by atoms with Crippen LogP contribution in [0.5, 0.6) is 0 Å². The smallest absolute Gasteiger partial charge is 0.220 e. The molecule has 1 atom stereocenters. The van der Waals surface area contributed by atoms with Crippen molar-refractivity contribution < 1.29 is 14.4 Å². The first kappa shape index (κ1) is 16.2. The quantitative estimate of drug-likeness (QED) is 0.859. The molecule has 5 heteroatoms. The number of carbonyl (C=O) groups is 1. The topological polar surface area (TPSA) is 75.4 Å². The molecule has 2 rings (SSSR count). The second kappa shape index (κ2) is 7.22. The van der Waals surface area contributed by atoms with Crippen LogP contribution in [-0.2, 0) is 11.2 Å². The van der Waals surface area contributed by atoms with E-state index in [-0.39, 0.29) is 12.5 Å². The van der Waals surface area contributed by atoms with Gasteiger partial charge in [-0.2, -0.15) is 0 Å². The standard InChI is InChI=1S/C17H22N2O3/c1-11-4-6-14(7-5-11)16(20)10-18-17(21)9-8-15-12(2)19-22-13(15)3/h4-7,16,20H,8-10H2,1-3H3,(H,18,21)/t16-/m0/s1. The second-order valence-corrected chi connectivity index (χ2v) is 5.53. The molecule has 0 fully saturated rings. The summed E-state index contributed by atoms with van der Waals surface area (Å²) in [7, 11) is 0. The molecule has 0 unspecified atom stereocenters. The summed E-state index contributed by atoms with van der Waals surface area (Å²) in [5.74, 6) is 0.663. The molecule has 2 aromatic rings. The molecule has 0 spiro atoms. The number of amides is 1. The Morgan fingerprint density at radius 3 is 2.55 bits per heavy atom. The second-order valence-electron chi connectivity index (χ2n) is 5.53. The highest BCUT2D eigenvalue weighted by Crippen LogP contribution is 2.15. The lowest BCUT2D eigenvalue weighted by Gasteiger charge is -2.12. The van der Waals surface area contributed by atoms with Gasteiger partial charge in [0.2, 0.25) is 5.91 Å². The summed E-state index contributed by atoms with van der Waals surface area (Å²) in [6.45, 7) is 5.91. The lowest BCUT2D eigenvalue weighted by Crippen LogP contribution is -2.28. The number of aliphatic hydroxyl groups excluding tert-OH is 1. The summed E-state index contributed by atoms with van der Waals surface area (Å²) in [6.07, 6.45) is 0.251. The highest BCUT2D eigenvalue weighted by atomic mass is 16.5. The van der Waals surface area contributed by atoms with E-state index in [4.69, 9.17) is 4.52 Å². The summed E-state index contributed by atoms with van der Waals surface area (Å²) in [5.41, 5.74) is 3.75. The minimum Gasteiger partial charge on any atom is -0.387 e. The van der Waals surface area contributed by atoms with Crippen molar-refractivity contribution in [2.45, 2.75) is 39.7 Å². The third kappa shape index (κ3) is 4.18. The van der Waals surface area contributed by atoms with E-state index in [2.05, 4.69) is 10.5 Å². The van der Waals surface area contributed by atoms with Crippen molar-refractivity contribution in [3.05, 3.63) is 52.4 Å². The Balaban J connectivity index is 1.79. The van der Waals surface area contributed by atoms with Gasteiger partial charge < -0.3 is 14.9 Å². The maximum absolute atomic E-state index is 11.9. The van der Waals surface area contributed by atoms with E-state index in [1.807, 2.05) is 45.0 Å². The Kier molecular flexibility index (Phi) is 5.33. The van der Waals surface area contributed by atoms with Gasteiger partial charge in [0, 0.05) is 18.5 Å².